The first-order valence-electron chi connectivity index (χ1n) is 7.05. The molecule has 0 spiro atoms. The maximum atomic E-state index is 13.2. The smallest absolute Gasteiger partial charge is 0.257 e. The van der Waals surface area contributed by atoms with Gasteiger partial charge in [-0.25, -0.2) is 4.39 Å². The zero-order chi connectivity index (χ0) is 16.4. The standard InChI is InChI=1S/C17H14ClFN2O2/c1-10-3-5-12(6-4-10)17-21-20-16(23-17)11(2)22-13-7-8-15(19)14(18)9-13/h3-9,11H,1-2H3. The first-order valence-corrected chi connectivity index (χ1v) is 7.43. The molecule has 6 heteroatoms. The predicted octanol–water partition coefficient (Wildman–Crippen LogP) is 4.98. The van der Waals surface area contributed by atoms with Crippen LogP contribution in [0.2, 0.25) is 5.02 Å². The number of benzene rings is 2. The molecule has 0 bridgehead atoms. The summed E-state index contributed by atoms with van der Waals surface area (Å²) in [7, 11) is 0. The van der Waals surface area contributed by atoms with E-state index in [1.165, 1.54) is 18.2 Å². The molecule has 1 aromatic heterocycles. The van der Waals surface area contributed by atoms with Crippen molar-refractivity contribution in [2.24, 2.45) is 0 Å². The van der Waals surface area contributed by atoms with Gasteiger partial charge in [0.2, 0.25) is 5.89 Å². The molecule has 0 radical (unpaired) electrons. The molecular formula is C17H14ClFN2O2. The van der Waals surface area contributed by atoms with Crippen molar-refractivity contribution < 1.29 is 13.5 Å². The van der Waals surface area contributed by atoms with E-state index in [0.717, 1.165) is 11.1 Å². The van der Waals surface area contributed by atoms with Crippen LogP contribution in [0, 0.1) is 12.7 Å². The summed E-state index contributed by atoms with van der Waals surface area (Å²) in [4.78, 5) is 0. The minimum Gasteiger partial charge on any atom is -0.481 e. The first-order chi connectivity index (χ1) is 11.0. The van der Waals surface area contributed by atoms with Crippen LogP contribution in [0.15, 0.2) is 46.9 Å². The van der Waals surface area contributed by atoms with Crippen LogP contribution in [0.25, 0.3) is 11.5 Å². The van der Waals surface area contributed by atoms with Gasteiger partial charge in [-0.1, -0.05) is 29.3 Å². The molecule has 1 heterocycles. The molecule has 3 rings (SSSR count). The van der Waals surface area contributed by atoms with E-state index in [4.69, 9.17) is 20.8 Å². The van der Waals surface area contributed by atoms with E-state index in [0.29, 0.717) is 17.5 Å². The van der Waals surface area contributed by atoms with E-state index in [-0.39, 0.29) is 5.02 Å². The van der Waals surface area contributed by atoms with E-state index in [2.05, 4.69) is 10.2 Å². The molecule has 0 aliphatic carbocycles. The third-order valence-corrected chi connectivity index (χ3v) is 3.58. The second-order valence-corrected chi connectivity index (χ2v) is 5.55. The van der Waals surface area contributed by atoms with E-state index >= 15 is 0 Å². The summed E-state index contributed by atoms with van der Waals surface area (Å²) in [6.45, 7) is 3.77. The second-order valence-electron chi connectivity index (χ2n) is 5.15. The lowest BCUT2D eigenvalue weighted by molar-refractivity contribution is 0.189. The third kappa shape index (κ3) is 3.51. The topological polar surface area (TPSA) is 48.2 Å². The molecule has 0 aliphatic heterocycles. The van der Waals surface area contributed by atoms with Gasteiger partial charge < -0.3 is 9.15 Å². The van der Waals surface area contributed by atoms with Crippen LogP contribution in [0.1, 0.15) is 24.5 Å². The van der Waals surface area contributed by atoms with Gasteiger partial charge in [-0.2, -0.15) is 0 Å². The van der Waals surface area contributed by atoms with Crippen LogP contribution in [0.5, 0.6) is 5.75 Å². The maximum absolute atomic E-state index is 13.2. The van der Waals surface area contributed by atoms with Gasteiger partial charge in [-0.3, -0.25) is 0 Å². The number of hydrogen-bond donors (Lipinski definition) is 0. The Morgan fingerprint density at radius 2 is 1.87 bits per heavy atom. The highest BCUT2D eigenvalue weighted by Gasteiger charge is 2.17. The van der Waals surface area contributed by atoms with Crippen molar-refractivity contribution in [3.05, 3.63) is 64.8 Å². The zero-order valence-electron chi connectivity index (χ0n) is 12.6. The number of hydrogen-bond acceptors (Lipinski definition) is 4. The molecule has 1 unspecified atom stereocenters. The van der Waals surface area contributed by atoms with Crippen molar-refractivity contribution in [1.82, 2.24) is 10.2 Å². The fraction of sp³-hybridized carbons (Fsp3) is 0.176. The molecule has 1 atom stereocenters. The number of aryl methyl sites for hydroxylation is 1. The van der Waals surface area contributed by atoms with Crippen molar-refractivity contribution in [2.75, 3.05) is 0 Å². The summed E-state index contributed by atoms with van der Waals surface area (Å²) >= 11 is 5.73. The molecule has 23 heavy (non-hydrogen) atoms. The number of nitrogens with zero attached hydrogens (tertiary/aromatic N) is 2. The van der Waals surface area contributed by atoms with Gasteiger partial charge in [0.1, 0.15) is 11.6 Å². The number of aromatic nitrogens is 2. The summed E-state index contributed by atoms with van der Waals surface area (Å²) in [6, 6.07) is 11.9. The molecule has 0 aliphatic rings. The molecule has 0 saturated heterocycles. The third-order valence-electron chi connectivity index (χ3n) is 3.29. The van der Waals surface area contributed by atoms with E-state index < -0.39 is 11.9 Å². The summed E-state index contributed by atoms with van der Waals surface area (Å²) in [6.07, 6.45) is -0.483. The zero-order valence-corrected chi connectivity index (χ0v) is 13.3. The first kappa shape index (κ1) is 15.5. The average molecular weight is 333 g/mol. The van der Waals surface area contributed by atoms with Gasteiger partial charge in [0.05, 0.1) is 5.02 Å². The molecule has 0 fully saturated rings. The Morgan fingerprint density at radius 1 is 1.13 bits per heavy atom. The van der Waals surface area contributed by atoms with Crippen molar-refractivity contribution in [1.29, 1.82) is 0 Å². The highest BCUT2D eigenvalue weighted by molar-refractivity contribution is 6.30. The van der Waals surface area contributed by atoms with Crippen molar-refractivity contribution in [3.63, 3.8) is 0 Å². The minimum absolute atomic E-state index is 0.000531. The van der Waals surface area contributed by atoms with Gasteiger partial charge in [0, 0.05) is 11.6 Å². The SMILES string of the molecule is Cc1ccc(-c2nnc(C(C)Oc3ccc(F)c(Cl)c3)o2)cc1. The summed E-state index contributed by atoms with van der Waals surface area (Å²) < 4.78 is 24.5. The molecule has 2 aromatic carbocycles. The molecule has 0 saturated carbocycles. The van der Waals surface area contributed by atoms with E-state index in [1.54, 1.807) is 6.92 Å². The van der Waals surface area contributed by atoms with Crippen LogP contribution in [0.4, 0.5) is 4.39 Å². The summed E-state index contributed by atoms with van der Waals surface area (Å²) in [5, 5.41) is 8.03. The Labute approximate surface area is 137 Å². The Kier molecular flexibility index (Phi) is 4.30. The Morgan fingerprint density at radius 3 is 2.57 bits per heavy atom. The number of ether oxygens (including phenoxy) is 1. The Hall–Kier alpha value is -2.40. The lowest BCUT2D eigenvalue weighted by Gasteiger charge is -2.11. The molecule has 0 amide bonds. The average Bonchev–Trinajstić information content (AvgIpc) is 3.02. The van der Waals surface area contributed by atoms with Gasteiger partial charge in [-0.05, 0) is 38.1 Å². The Bertz CT molecular complexity index is 818. The van der Waals surface area contributed by atoms with Crippen molar-refractivity contribution in [3.8, 4) is 17.2 Å². The van der Waals surface area contributed by atoms with Gasteiger partial charge in [-0.15, -0.1) is 10.2 Å². The molecule has 3 aromatic rings. The second kappa shape index (κ2) is 6.38. The lowest BCUT2D eigenvalue weighted by Crippen LogP contribution is -2.03. The van der Waals surface area contributed by atoms with Crippen LogP contribution >= 0.6 is 11.6 Å². The molecule has 4 nitrogen and oxygen atoms in total. The van der Waals surface area contributed by atoms with Crippen LogP contribution in [0.3, 0.4) is 0 Å². The highest BCUT2D eigenvalue weighted by Crippen LogP contribution is 2.27. The van der Waals surface area contributed by atoms with E-state index in [9.17, 15) is 4.39 Å². The van der Waals surface area contributed by atoms with Gasteiger partial charge in [0.15, 0.2) is 6.10 Å². The predicted molar refractivity (Wildman–Crippen MR) is 84.9 cm³/mol. The minimum atomic E-state index is -0.494. The van der Waals surface area contributed by atoms with Crippen LogP contribution < -0.4 is 4.74 Å². The number of rotatable bonds is 4. The van der Waals surface area contributed by atoms with Crippen molar-refractivity contribution in [2.45, 2.75) is 20.0 Å². The molecule has 118 valence electrons. The maximum Gasteiger partial charge on any atom is 0.257 e. The summed E-state index contributed by atoms with van der Waals surface area (Å²) in [5.74, 6) is 0.693. The Balaban J connectivity index is 1.76. The van der Waals surface area contributed by atoms with Crippen LogP contribution in [-0.4, -0.2) is 10.2 Å². The highest BCUT2D eigenvalue weighted by atomic mass is 35.5. The number of halogens is 2. The lowest BCUT2D eigenvalue weighted by atomic mass is 10.1. The largest absolute Gasteiger partial charge is 0.481 e. The van der Waals surface area contributed by atoms with Gasteiger partial charge >= 0.3 is 0 Å². The normalized spacial score (nSPS) is 12.2. The van der Waals surface area contributed by atoms with E-state index in [1.807, 2.05) is 31.2 Å². The quantitative estimate of drug-likeness (QED) is 0.676. The fourth-order valence-corrected chi connectivity index (χ4v) is 2.19. The molecule has 0 N–H and O–H groups in total. The van der Waals surface area contributed by atoms with Crippen LogP contribution in [-0.2, 0) is 0 Å². The van der Waals surface area contributed by atoms with Gasteiger partial charge in [0.25, 0.3) is 5.89 Å². The monoisotopic (exact) mass is 332 g/mol. The molecular weight excluding hydrogens is 319 g/mol. The fourth-order valence-electron chi connectivity index (χ4n) is 2.02. The van der Waals surface area contributed by atoms with Crippen molar-refractivity contribution >= 4 is 11.6 Å². The summed E-state index contributed by atoms with van der Waals surface area (Å²) in [5.41, 5.74) is 1.99.